The van der Waals surface area contributed by atoms with Crippen molar-refractivity contribution in [3.63, 3.8) is 0 Å². The van der Waals surface area contributed by atoms with E-state index >= 15 is 0 Å². The van der Waals surface area contributed by atoms with Crippen LogP contribution in [-0.4, -0.2) is 89.9 Å². The molecule has 2 heterocycles. The molecule has 33 heavy (non-hydrogen) atoms. The molecule has 0 saturated carbocycles. The number of carbonyl (C=O) groups is 1. The van der Waals surface area contributed by atoms with Crippen LogP contribution in [0.4, 0.5) is 0 Å². The highest BCUT2D eigenvalue weighted by molar-refractivity contribution is 5.94. The molecule has 1 amide bonds. The van der Waals surface area contributed by atoms with Gasteiger partial charge in [-0.1, -0.05) is 48.5 Å². The van der Waals surface area contributed by atoms with Gasteiger partial charge in [0.2, 0.25) is 0 Å². The van der Waals surface area contributed by atoms with E-state index in [-0.39, 0.29) is 5.91 Å². The third kappa shape index (κ3) is 7.95. The second-order valence-corrected chi connectivity index (χ2v) is 9.68. The van der Waals surface area contributed by atoms with E-state index in [0.29, 0.717) is 12.1 Å². The number of amides is 1. The van der Waals surface area contributed by atoms with Crippen LogP contribution in [-0.2, 0) is 6.54 Å². The van der Waals surface area contributed by atoms with E-state index in [1.54, 1.807) is 0 Å². The first kappa shape index (κ1) is 25.4. The fourth-order valence-corrected chi connectivity index (χ4v) is 4.48. The average Bonchev–Trinajstić information content (AvgIpc) is 2.85. The lowest BCUT2D eigenvalue weighted by Crippen LogP contribution is -2.50. The van der Waals surface area contributed by atoms with Crippen LogP contribution in [0.25, 0.3) is 0 Å². The van der Waals surface area contributed by atoms with Gasteiger partial charge in [0.05, 0.1) is 0 Å². The number of piperazine rings is 2. The Labute approximate surface area is 201 Å². The molecule has 180 valence electrons. The summed E-state index contributed by atoms with van der Waals surface area (Å²) in [6, 6.07) is 21.6. The van der Waals surface area contributed by atoms with E-state index in [4.69, 9.17) is 0 Å². The molecule has 2 aromatic carbocycles. The van der Waals surface area contributed by atoms with Gasteiger partial charge in [0, 0.05) is 76.5 Å². The van der Waals surface area contributed by atoms with Gasteiger partial charge >= 0.3 is 0 Å². The lowest BCUT2D eigenvalue weighted by atomic mass is 10.1. The second-order valence-electron chi connectivity index (χ2n) is 9.68. The lowest BCUT2D eigenvalue weighted by molar-refractivity contribution is 0.0595. The normalized spacial score (nSPS) is 18.3. The zero-order valence-electron chi connectivity index (χ0n) is 21.0. The first-order valence-corrected chi connectivity index (χ1v) is 12.5. The van der Waals surface area contributed by atoms with Crippen LogP contribution in [0.15, 0.2) is 60.7 Å². The van der Waals surface area contributed by atoms with Crippen molar-refractivity contribution in [3.8, 4) is 0 Å². The lowest BCUT2D eigenvalue weighted by Gasteiger charge is -2.36. The smallest absolute Gasteiger partial charge is 0.253 e. The Hall–Kier alpha value is -2.21. The monoisotopic (exact) mass is 450 g/mol. The fourth-order valence-electron chi connectivity index (χ4n) is 4.48. The van der Waals surface area contributed by atoms with Crippen molar-refractivity contribution < 1.29 is 4.79 Å². The number of benzene rings is 2. The highest BCUT2D eigenvalue weighted by Crippen LogP contribution is 2.11. The maximum Gasteiger partial charge on any atom is 0.253 e. The van der Waals surface area contributed by atoms with Crippen LogP contribution in [0.2, 0.25) is 0 Å². The van der Waals surface area contributed by atoms with Gasteiger partial charge in [0.1, 0.15) is 0 Å². The van der Waals surface area contributed by atoms with Crippen molar-refractivity contribution in [2.45, 2.75) is 46.3 Å². The molecule has 2 aliphatic rings. The van der Waals surface area contributed by atoms with Gasteiger partial charge in [-0.15, -0.1) is 0 Å². The Morgan fingerprint density at radius 2 is 1.12 bits per heavy atom. The molecule has 2 aromatic rings. The number of hydrogen-bond acceptors (Lipinski definition) is 4. The van der Waals surface area contributed by atoms with Crippen molar-refractivity contribution >= 4 is 5.91 Å². The zero-order valence-corrected chi connectivity index (χ0v) is 21.0. The second kappa shape index (κ2) is 12.9. The minimum absolute atomic E-state index is 0.161. The van der Waals surface area contributed by atoms with Crippen molar-refractivity contribution in [2.24, 2.45) is 0 Å². The largest absolute Gasteiger partial charge is 0.336 e. The van der Waals surface area contributed by atoms with Crippen molar-refractivity contribution in [1.29, 1.82) is 0 Å². The quantitative estimate of drug-likeness (QED) is 0.687. The first-order valence-electron chi connectivity index (χ1n) is 12.5. The Morgan fingerprint density at radius 1 is 0.667 bits per heavy atom. The molecule has 0 spiro atoms. The molecule has 0 N–H and O–H groups in total. The molecule has 0 unspecified atom stereocenters. The molecular weight excluding hydrogens is 408 g/mol. The predicted octanol–water partition coefficient (Wildman–Crippen LogP) is 4.07. The van der Waals surface area contributed by atoms with Gasteiger partial charge in [-0.05, 0) is 45.4 Å². The molecule has 0 bridgehead atoms. The maximum atomic E-state index is 12.2. The molecule has 2 saturated heterocycles. The number of nitrogens with zero attached hydrogens (tertiary/aromatic N) is 4. The third-order valence-corrected chi connectivity index (χ3v) is 6.74. The Morgan fingerprint density at radius 3 is 1.61 bits per heavy atom. The SMILES string of the molecule is CC(C)N1CCN(C(=O)c2ccccc2)CC1.CC(C)N1CCN(Cc2ccccc2)CC1. The Bertz CT molecular complexity index is 808. The molecule has 2 aliphatic heterocycles. The minimum atomic E-state index is 0.161. The Balaban J connectivity index is 0.000000186. The zero-order chi connectivity index (χ0) is 23.6. The van der Waals surface area contributed by atoms with Crippen LogP contribution in [0, 0.1) is 0 Å². The summed E-state index contributed by atoms with van der Waals surface area (Å²) in [5, 5.41) is 0. The highest BCUT2D eigenvalue weighted by Gasteiger charge is 2.23. The number of hydrogen-bond donors (Lipinski definition) is 0. The van der Waals surface area contributed by atoms with E-state index < -0.39 is 0 Å². The van der Waals surface area contributed by atoms with Crippen LogP contribution in [0.3, 0.4) is 0 Å². The van der Waals surface area contributed by atoms with E-state index in [2.05, 4.69) is 72.7 Å². The summed E-state index contributed by atoms with van der Waals surface area (Å²) in [6.07, 6.45) is 0. The molecule has 5 heteroatoms. The van der Waals surface area contributed by atoms with Crippen LogP contribution in [0.5, 0.6) is 0 Å². The van der Waals surface area contributed by atoms with Gasteiger partial charge in [0.25, 0.3) is 5.91 Å². The van der Waals surface area contributed by atoms with Crippen molar-refractivity contribution in [3.05, 3.63) is 71.8 Å². The standard InChI is InChI=1S/C14H20N2O.C14H22N2/c1-12(2)15-8-10-16(11-9-15)14(17)13-6-4-3-5-7-13;1-13(2)16-10-8-15(9-11-16)12-14-6-4-3-5-7-14/h3-7,12H,8-11H2,1-2H3;3-7,13H,8-12H2,1-2H3. The van der Waals surface area contributed by atoms with E-state index in [9.17, 15) is 4.79 Å². The van der Waals surface area contributed by atoms with E-state index in [1.165, 1.54) is 31.7 Å². The van der Waals surface area contributed by atoms with Gasteiger partial charge in [-0.25, -0.2) is 0 Å². The minimum Gasteiger partial charge on any atom is -0.336 e. The summed E-state index contributed by atoms with van der Waals surface area (Å²) in [6.45, 7) is 18.6. The Kier molecular flexibility index (Phi) is 9.92. The van der Waals surface area contributed by atoms with Gasteiger partial charge < -0.3 is 4.90 Å². The van der Waals surface area contributed by atoms with Crippen LogP contribution in [0.1, 0.15) is 43.6 Å². The highest BCUT2D eigenvalue weighted by atomic mass is 16.2. The summed E-state index contributed by atoms with van der Waals surface area (Å²) in [7, 11) is 0. The average molecular weight is 451 g/mol. The molecule has 2 fully saturated rings. The summed E-state index contributed by atoms with van der Waals surface area (Å²) in [5.41, 5.74) is 2.23. The molecule has 4 rings (SSSR count). The van der Waals surface area contributed by atoms with Gasteiger partial charge in [0.15, 0.2) is 0 Å². The summed E-state index contributed by atoms with van der Waals surface area (Å²) in [5.74, 6) is 0.161. The molecule has 0 atom stereocenters. The number of carbonyl (C=O) groups excluding carboxylic acids is 1. The summed E-state index contributed by atoms with van der Waals surface area (Å²) < 4.78 is 0. The molecular formula is C28H42N4O. The molecule has 0 aromatic heterocycles. The fraction of sp³-hybridized carbons (Fsp3) is 0.536. The molecule has 0 aliphatic carbocycles. The number of rotatable bonds is 5. The van der Waals surface area contributed by atoms with E-state index in [1.807, 2.05) is 35.2 Å². The van der Waals surface area contributed by atoms with E-state index in [0.717, 1.165) is 38.3 Å². The van der Waals surface area contributed by atoms with Crippen molar-refractivity contribution in [2.75, 3.05) is 52.4 Å². The first-order chi connectivity index (χ1) is 15.9. The predicted molar refractivity (Wildman–Crippen MR) is 137 cm³/mol. The van der Waals surface area contributed by atoms with Crippen molar-refractivity contribution in [1.82, 2.24) is 19.6 Å². The molecule has 5 nitrogen and oxygen atoms in total. The summed E-state index contributed by atoms with van der Waals surface area (Å²) in [4.78, 5) is 21.7. The maximum absolute atomic E-state index is 12.2. The topological polar surface area (TPSA) is 30.0 Å². The van der Waals surface area contributed by atoms with Gasteiger partial charge in [-0.2, -0.15) is 0 Å². The van der Waals surface area contributed by atoms with Crippen LogP contribution >= 0.6 is 0 Å². The third-order valence-electron chi connectivity index (χ3n) is 6.74. The molecule has 0 radical (unpaired) electrons. The summed E-state index contributed by atoms with van der Waals surface area (Å²) >= 11 is 0. The van der Waals surface area contributed by atoms with Gasteiger partial charge in [-0.3, -0.25) is 19.5 Å². The van der Waals surface area contributed by atoms with Crippen LogP contribution < -0.4 is 0 Å².